The standard InChI is InChI=1S/C23H15FN4O4/c24-17-8-4-5-9-18(17)26-22(29)19-20(14-10-12-16(13-11-14)28(31)32)25-27(21(19)23(26)30)15-6-2-1-3-7-15/h1-13,19,21H. The predicted octanol–water partition coefficient (Wildman–Crippen LogP) is 3.52. The van der Waals surface area contributed by atoms with Crippen LogP contribution in [0.5, 0.6) is 0 Å². The zero-order chi connectivity index (χ0) is 22.4. The molecular weight excluding hydrogens is 415 g/mol. The van der Waals surface area contributed by atoms with Crippen molar-refractivity contribution >= 4 is 34.6 Å². The minimum atomic E-state index is -0.991. The number of benzene rings is 3. The third kappa shape index (κ3) is 2.94. The van der Waals surface area contributed by atoms with Crippen molar-refractivity contribution in [1.82, 2.24) is 0 Å². The first-order valence-electron chi connectivity index (χ1n) is 9.77. The Hall–Kier alpha value is -4.40. The highest BCUT2D eigenvalue weighted by Crippen LogP contribution is 2.39. The molecule has 0 radical (unpaired) electrons. The number of anilines is 2. The number of carbonyl (C=O) groups excluding carboxylic acids is 2. The predicted molar refractivity (Wildman–Crippen MR) is 115 cm³/mol. The van der Waals surface area contributed by atoms with Crippen LogP contribution in [0.3, 0.4) is 0 Å². The zero-order valence-electron chi connectivity index (χ0n) is 16.5. The molecule has 3 aromatic rings. The van der Waals surface area contributed by atoms with Crippen molar-refractivity contribution in [2.75, 3.05) is 9.91 Å². The van der Waals surface area contributed by atoms with Gasteiger partial charge in [0, 0.05) is 12.1 Å². The first-order valence-corrected chi connectivity index (χ1v) is 9.77. The van der Waals surface area contributed by atoms with E-state index < -0.39 is 34.5 Å². The number of nitro benzene ring substituents is 1. The number of non-ortho nitro benzene ring substituents is 1. The maximum Gasteiger partial charge on any atom is 0.269 e. The molecule has 0 bridgehead atoms. The summed E-state index contributed by atoms with van der Waals surface area (Å²) in [7, 11) is 0. The highest BCUT2D eigenvalue weighted by atomic mass is 19.1. The van der Waals surface area contributed by atoms with Gasteiger partial charge in [-0.25, -0.2) is 9.29 Å². The number of halogens is 1. The van der Waals surface area contributed by atoms with E-state index in [0.717, 1.165) is 4.90 Å². The van der Waals surface area contributed by atoms with Crippen LogP contribution in [0, 0.1) is 21.8 Å². The summed E-state index contributed by atoms with van der Waals surface area (Å²) >= 11 is 0. The summed E-state index contributed by atoms with van der Waals surface area (Å²) in [6.45, 7) is 0. The number of amides is 2. The lowest BCUT2D eigenvalue weighted by Gasteiger charge is -2.22. The molecule has 3 aromatic carbocycles. The minimum Gasteiger partial charge on any atom is -0.273 e. The first kappa shape index (κ1) is 19.6. The van der Waals surface area contributed by atoms with E-state index in [-0.39, 0.29) is 11.4 Å². The number of hydrogen-bond acceptors (Lipinski definition) is 6. The van der Waals surface area contributed by atoms with Gasteiger partial charge in [0.1, 0.15) is 17.8 Å². The number of rotatable bonds is 4. The second-order valence-corrected chi connectivity index (χ2v) is 7.36. The summed E-state index contributed by atoms with van der Waals surface area (Å²) < 4.78 is 14.5. The van der Waals surface area contributed by atoms with Crippen LogP contribution in [0.1, 0.15) is 5.56 Å². The molecule has 2 amide bonds. The van der Waals surface area contributed by atoms with Crippen molar-refractivity contribution in [2.24, 2.45) is 11.0 Å². The Balaban J connectivity index is 1.63. The maximum absolute atomic E-state index is 14.5. The van der Waals surface area contributed by atoms with E-state index in [9.17, 15) is 24.1 Å². The van der Waals surface area contributed by atoms with E-state index in [4.69, 9.17) is 0 Å². The summed E-state index contributed by atoms with van der Waals surface area (Å²) in [5.74, 6) is -2.85. The van der Waals surface area contributed by atoms with Crippen LogP contribution in [0.4, 0.5) is 21.5 Å². The fourth-order valence-corrected chi connectivity index (χ4v) is 4.07. The van der Waals surface area contributed by atoms with E-state index in [1.807, 2.05) is 6.07 Å². The largest absolute Gasteiger partial charge is 0.273 e. The van der Waals surface area contributed by atoms with Crippen molar-refractivity contribution in [1.29, 1.82) is 0 Å². The van der Waals surface area contributed by atoms with Gasteiger partial charge in [0.2, 0.25) is 5.91 Å². The van der Waals surface area contributed by atoms with Gasteiger partial charge >= 0.3 is 0 Å². The van der Waals surface area contributed by atoms with Gasteiger partial charge in [-0.2, -0.15) is 5.10 Å². The van der Waals surface area contributed by atoms with Crippen molar-refractivity contribution in [3.63, 3.8) is 0 Å². The molecule has 0 saturated carbocycles. The highest BCUT2D eigenvalue weighted by molar-refractivity contribution is 6.34. The molecule has 32 heavy (non-hydrogen) atoms. The summed E-state index contributed by atoms with van der Waals surface area (Å²) in [6.07, 6.45) is 0. The number of nitro groups is 1. The van der Waals surface area contributed by atoms with Gasteiger partial charge in [-0.3, -0.25) is 24.7 Å². The smallest absolute Gasteiger partial charge is 0.269 e. The SMILES string of the molecule is O=C1C2C(c3ccc([N+](=O)[O-])cc3)=NN(c3ccccc3)C2C(=O)N1c1ccccc1F. The number of imide groups is 1. The highest BCUT2D eigenvalue weighted by Gasteiger charge is 2.57. The van der Waals surface area contributed by atoms with Crippen LogP contribution < -0.4 is 9.91 Å². The molecule has 1 saturated heterocycles. The minimum absolute atomic E-state index is 0.106. The summed E-state index contributed by atoms with van der Waals surface area (Å²) in [5, 5.41) is 17.0. The van der Waals surface area contributed by atoms with E-state index in [1.54, 1.807) is 30.3 Å². The van der Waals surface area contributed by atoms with Gasteiger partial charge in [-0.1, -0.05) is 30.3 Å². The van der Waals surface area contributed by atoms with Gasteiger partial charge in [0.25, 0.3) is 11.6 Å². The van der Waals surface area contributed by atoms with Crippen molar-refractivity contribution in [2.45, 2.75) is 6.04 Å². The van der Waals surface area contributed by atoms with E-state index in [0.29, 0.717) is 17.0 Å². The molecule has 0 N–H and O–H groups in total. The van der Waals surface area contributed by atoms with Gasteiger partial charge in [-0.05, 0) is 42.0 Å². The topological polar surface area (TPSA) is 96.1 Å². The molecule has 8 nitrogen and oxygen atoms in total. The van der Waals surface area contributed by atoms with Crippen molar-refractivity contribution in [3.05, 3.63) is 100 Å². The van der Waals surface area contributed by atoms with E-state index in [2.05, 4.69) is 5.10 Å². The fourth-order valence-electron chi connectivity index (χ4n) is 4.07. The molecule has 2 aliphatic heterocycles. The Morgan fingerprint density at radius 3 is 2.19 bits per heavy atom. The lowest BCUT2D eigenvalue weighted by atomic mass is 9.92. The third-order valence-electron chi connectivity index (χ3n) is 5.54. The average molecular weight is 430 g/mol. The molecule has 158 valence electrons. The van der Waals surface area contributed by atoms with Crippen LogP contribution >= 0.6 is 0 Å². The third-order valence-corrected chi connectivity index (χ3v) is 5.54. The molecule has 2 aliphatic rings. The number of hydrogen-bond donors (Lipinski definition) is 0. The normalized spacial score (nSPS) is 19.8. The molecule has 1 fully saturated rings. The van der Waals surface area contributed by atoms with Gasteiger partial charge < -0.3 is 0 Å². The molecule has 5 rings (SSSR count). The second-order valence-electron chi connectivity index (χ2n) is 7.36. The fraction of sp³-hybridized carbons (Fsp3) is 0.0870. The summed E-state index contributed by atoms with van der Waals surface area (Å²) in [4.78, 5) is 38.1. The Morgan fingerprint density at radius 2 is 1.53 bits per heavy atom. The Kier molecular flexibility index (Phi) is 4.51. The number of carbonyl (C=O) groups is 2. The molecule has 0 aromatic heterocycles. The molecule has 0 aliphatic carbocycles. The average Bonchev–Trinajstić information content (AvgIpc) is 3.32. The molecule has 9 heteroatoms. The van der Waals surface area contributed by atoms with Crippen LogP contribution in [-0.2, 0) is 9.59 Å². The second kappa shape index (κ2) is 7.38. The Labute approximate surface area is 181 Å². The van der Waals surface area contributed by atoms with Crippen molar-refractivity contribution in [3.8, 4) is 0 Å². The quantitative estimate of drug-likeness (QED) is 0.359. The lowest BCUT2D eigenvalue weighted by Crippen LogP contribution is -2.39. The molecule has 0 spiro atoms. The van der Waals surface area contributed by atoms with Gasteiger partial charge in [0.15, 0.2) is 0 Å². The monoisotopic (exact) mass is 430 g/mol. The molecule has 2 atom stereocenters. The van der Waals surface area contributed by atoms with Crippen molar-refractivity contribution < 1.29 is 18.9 Å². The number of nitrogens with zero attached hydrogens (tertiary/aromatic N) is 4. The Morgan fingerprint density at radius 1 is 0.875 bits per heavy atom. The number of para-hydroxylation sites is 2. The maximum atomic E-state index is 14.5. The summed E-state index contributed by atoms with van der Waals surface area (Å²) in [5.41, 5.74) is 1.14. The Bertz CT molecular complexity index is 1280. The first-order chi connectivity index (χ1) is 15.5. The van der Waals surface area contributed by atoms with Crippen LogP contribution in [0.25, 0.3) is 0 Å². The van der Waals surface area contributed by atoms with Crippen LogP contribution in [-0.4, -0.2) is 28.5 Å². The van der Waals surface area contributed by atoms with E-state index >= 15 is 0 Å². The zero-order valence-corrected chi connectivity index (χ0v) is 16.5. The number of hydrazone groups is 1. The summed E-state index contributed by atoms with van der Waals surface area (Å²) in [6, 6.07) is 19.1. The van der Waals surface area contributed by atoms with Gasteiger partial charge in [0.05, 0.1) is 22.0 Å². The molecule has 2 heterocycles. The van der Waals surface area contributed by atoms with Crippen LogP contribution in [0.2, 0.25) is 0 Å². The number of fused-ring (bicyclic) bond motifs is 1. The lowest BCUT2D eigenvalue weighted by molar-refractivity contribution is -0.384. The molecular formula is C23H15FN4O4. The molecule has 2 unspecified atom stereocenters. The van der Waals surface area contributed by atoms with Crippen LogP contribution in [0.15, 0.2) is 84.0 Å². The van der Waals surface area contributed by atoms with Gasteiger partial charge in [-0.15, -0.1) is 0 Å². The van der Waals surface area contributed by atoms with E-state index in [1.165, 1.54) is 47.5 Å².